The van der Waals surface area contributed by atoms with Crippen LogP contribution in [-0.4, -0.2) is 43.6 Å². The van der Waals surface area contributed by atoms with Gasteiger partial charge >= 0.3 is 6.36 Å². The van der Waals surface area contributed by atoms with Gasteiger partial charge in [0.15, 0.2) is 0 Å². The Kier molecular flexibility index (Phi) is 5.69. The summed E-state index contributed by atoms with van der Waals surface area (Å²) in [6.45, 7) is 0.277. The van der Waals surface area contributed by atoms with E-state index in [0.717, 1.165) is 54.8 Å². The van der Waals surface area contributed by atoms with Crippen molar-refractivity contribution >= 4 is 27.3 Å². The van der Waals surface area contributed by atoms with Crippen LogP contribution in [-0.2, 0) is 22.9 Å². The Balaban J connectivity index is 1.23. The zero-order valence-electron chi connectivity index (χ0n) is 17.6. The predicted octanol–water partition coefficient (Wildman–Crippen LogP) is 4.11. The molecular weight excluding hydrogens is 477 g/mol. The van der Waals surface area contributed by atoms with E-state index in [1.807, 2.05) is 6.07 Å². The van der Waals surface area contributed by atoms with Crippen molar-refractivity contribution in [3.8, 4) is 5.75 Å². The molecule has 0 spiro atoms. The predicted molar refractivity (Wildman–Crippen MR) is 116 cm³/mol. The fourth-order valence-corrected chi connectivity index (χ4v) is 8.03. The van der Waals surface area contributed by atoms with Crippen LogP contribution >= 0.6 is 11.3 Å². The largest absolute Gasteiger partial charge is 0.573 e. The van der Waals surface area contributed by atoms with E-state index in [2.05, 4.69) is 10.1 Å². The summed E-state index contributed by atoms with van der Waals surface area (Å²) < 4.78 is 68.4. The number of hydrogen-bond acceptors (Lipinski definition) is 5. The van der Waals surface area contributed by atoms with Crippen LogP contribution in [0.25, 0.3) is 0 Å². The van der Waals surface area contributed by atoms with E-state index in [0.29, 0.717) is 12.8 Å². The molecule has 2 aliphatic carbocycles. The van der Waals surface area contributed by atoms with Gasteiger partial charge in [0.05, 0.1) is 9.77 Å². The van der Waals surface area contributed by atoms with E-state index in [1.165, 1.54) is 14.7 Å². The number of halogens is 3. The van der Waals surface area contributed by atoms with Crippen LogP contribution < -0.4 is 10.1 Å². The zero-order chi connectivity index (χ0) is 23.4. The highest BCUT2D eigenvalue weighted by atomic mass is 32.2. The minimum absolute atomic E-state index is 0.0103. The highest BCUT2D eigenvalue weighted by molar-refractivity contribution is 7.89. The van der Waals surface area contributed by atoms with Crippen LogP contribution in [0.15, 0.2) is 35.2 Å². The second-order valence-corrected chi connectivity index (χ2v) is 11.9. The SMILES string of the molecule is O=C(N[C@@H]1C[C@@H]2C[C@@H]1CN2S(=O)(=O)c1ccc(OC(F)(F)F)cc1)c1cc2c(s1)CCCC2. The summed E-state index contributed by atoms with van der Waals surface area (Å²) in [4.78, 5) is 14.7. The standard InChI is InChI=1S/C22H23F3N2O4S2/c23-22(24,25)31-16-5-7-17(8-6-16)33(29,30)27-12-14-9-15(27)11-18(14)26-21(28)20-10-13-3-1-2-4-19(13)32-20/h5-8,10,14-15,18H,1-4,9,11-12H2,(H,26,28)/t14-,15+,18-/m1/s1. The number of alkyl halides is 3. The van der Waals surface area contributed by atoms with Crippen molar-refractivity contribution in [3.05, 3.63) is 45.6 Å². The summed E-state index contributed by atoms with van der Waals surface area (Å²) in [7, 11) is -3.85. The van der Waals surface area contributed by atoms with Crippen LogP contribution in [0.2, 0.25) is 0 Å². The number of benzene rings is 1. The van der Waals surface area contributed by atoms with Crippen molar-refractivity contribution in [2.45, 2.75) is 61.9 Å². The molecule has 1 N–H and O–H groups in total. The molecular formula is C22H23F3N2O4S2. The van der Waals surface area contributed by atoms with E-state index < -0.39 is 22.1 Å². The minimum Gasteiger partial charge on any atom is -0.406 e. The highest BCUT2D eigenvalue weighted by Gasteiger charge is 2.50. The van der Waals surface area contributed by atoms with Gasteiger partial charge in [-0.1, -0.05) is 0 Å². The molecule has 11 heteroatoms. The third-order valence-corrected chi connectivity index (χ3v) is 9.86. The van der Waals surface area contributed by atoms with Crippen LogP contribution in [0, 0.1) is 5.92 Å². The van der Waals surface area contributed by atoms with Crippen molar-refractivity contribution in [2.24, 2.45) is 5.92 Å². The van der Waals surface area contributed by atoms with Crippen molar-refractivity contribution in [1.82, 2.24) is 9.62 Å². The molecule has 1 aliphatic heterocycles. The smallest absolute Gasteiger partial charge is 0.406 e. The number of nitrogens with one attached hydrogen (secondary N) is 1. The van der Waals surface area contributed by atoms with Gasteiger partial charge in [0.1, 0.15) is 5.75 Å². The molecule has 2 fully saturated rings. The molecule has 2 heterocycles. The van der Waals surface area contributed by atoms with Crippen molar-refractivity contribution in [2.75, 3.05) is 6.54 Å². The first-order chi connectivity index (χ1) is 15.6. The Hall–Kier alpha value is -2.11. The highest BCUT2D eigenvalue weighted by Crippen LogP contribution is 2.41. The molecule has 1 saturated carbocycles. The number of rotatable bonds is 5. The molecule has 1 saturated heterocycles. The van der Waals surface area contributed by atoms with Gasteiger partial charge in [-0.05, 0) is 80.3 Å². The number of hydrogen-bond donors (Lipinski definition) is 1. The number of thiophene rings is 1. The first kappa shape index (κ1) is 22.7. The van der Waals surface area contributed by atoms with Crippen LogP contribution in [0.4, 0.5) is 13.2 Å². The fraction of sp³-hybridized carbons (Fsp3) is 0.500. The van der Waals surface area contributed by atoms with E-state index in [-0.39, 0.29) is 35.3 Å². The van der Waals surface area contributed by atoms with Crippen molar-refractivity contribution in [3.63, 3.8) is 0 Å². The van der Waals surface area contributed by atoms with Gasteiger partial charge < -0.3 is 10.1 Å². The number of aryl methyl sites for hydroxylation is 2. The maximum absolute atomic E-state index is 13.1. The second-order valence-electron chi connectivity index (χ2n) is 8.83. The lowest BCUT2D eigenvalue weighted by Gasteiger charge is -2.31. The molecule has 1 aromatic carbocycles. The Bertz CT molecular complexity index is 1140. The Morgan fingerprint density at radius 2 is 1.85 bits per heavy atom. The van der Waals surface area contributed by atoms with Crippen LogP contribution in [0.1, 0.15) is 45.8 Å². The van der Waals surface area contributed by atoms with E-state index in [9.17, 15) is 26.4 Å². The first-order valence-electron chi connectivity index (χ1n) is 10.9. The molecule has 1 amide bonds. The van der Waals surface area contributed by atoms with E-state index in [4.69, 9.17) is 0 Å². The molecule has 33 heavy (non-hydrogen) atoms. The Morgan fingerprint density at radius 1 is 1.12 bits per heavy atom. The molecule has 2 bridgehead atoms. The number of ether oxygens (including phenoxy) is 1. The Morgan fingerprint density at radius 3 is 2.48 bits per heavy atom. The summed E-state index contributed by atoms with van der Waals surface area (Å²) in [5, 5.41) is 3.10. The molecule has 178 valence electrons. The molecule has 6 nitrogen and oxygen atoms in total. The molecule has 2 aromatic rings. The van der Waals surface area contributed by atoms with Gasteiger partial charge in [0.2, 0.25) is 10.0 Å². The average molecular weight is 501 g/mol. The average Bonchev–Trinajstić information content (AvgIpc) is 3.46. The minimum atomic E-state index is -4.84. The lowest BCUT2D eigenvalue weighted by Crippen LogP contribution is -2.47. The summed E-state index contributed by atoms with van der Waals surface area (Å²) in [6, 6.07) is 5.91. The number of amides is 1. The van der Waals surface area contributed by atoms with Crippen LogP contribution in [0.5, 0.6) is 5.75 Å². The first-order valence-corrected chi connectivity index (χ1v) is 13.2. The number of piperidine rings is 1. The molecule has 0 unspecified atom stereocenters. The molecule has 3 aliphatic rings. The van der Waals surface area contributed by atoms with Gasteiger partial charge in [0, 0.05) is 23.5 Å². The normalized spacial score (nSPS) is 25.1. The number of carbonyl (C=O) groups is 1. The summed E-state index contributed by atoms with van der Waals surface area (Å²) in [6.07, 6.45) is 0.691. The number of carbonyl (C=O) groups excluding carboxylic acids is 1. The van der Waals surface area contributed by atoms with Crippen LogP contribution in [0.3, 0.4) is 0 Å². The number of nitrogens with zero attached hydrogens (tertiary/aromatic N) is 1. The molecule has 3 atom stereocenters. The third kappa shape index (κ3) is 4.50. The maximum atomic E-state index is 13.1. The quantitative estimate of drug-likeness (QED) is 0.671. The van der Waals surface area contributed by atoms with E-state index >= 15 is 0 Å². The van der Waals surface area contributed by atoms with Gasteiger partial charge in [-0.2, -0.15) is 4.31 Å². The number of sulfonamides is 1. The monoisotopic (exact) mass is 500 g/mol. The molecule has 0 radical (unpaired) electrons. The topological polar surface area (TPSA) is 75.7 Å². The molecule has 5 rings (SSSR count). The fourth-order valence-electron chi connectivity index (χ4n) is 5.17. The Labute approximate surface area is 193 Å². The lowest BCUT2D eigenvalue weighted by atomic mass is 9.99. The van der Waals surface area contributed by atoms with Gasteiger partial charge in [-0.25, -0.2) is 8.42 Å². The number of fused-ring (bicyclic) bond motifs is 3. The lowest BCUT2D eigenvalue weighted by molar-refractivity contribution is -0.274. The van der Waals surface area contributed by atoms with Crippen molar-refractivity contribution in [1.29, 1.82) is 0 Å². The summed E-state index contributed by atoms with van der Waals surface area (Å²) >= 11 is 1.55. The molecule has 1 aromatic heterocycles. The zero-order valence-corrected chi connectivity index (χ0v) is 19.2. The van der Waals surface area contributed by atoms with E-state index in [1.54, 1.807) is 11.3 Å². The third-order valence-electron chi connectivity index (χ3n) is 6.69. The van der Waals surface area contributed by atoms with Gasteiger partial charge in [0.25, 0.3) is 5.91 Å². The van der Waals surface area contributed by atoms with Gasteiger partial charge in [-0.3, -0.25) is 4.79 Å². The second kappa shape index (κ2) is 8.28. The van der Waals surface area contributed by atoms with Gasteiger partial charge in [-0.15, -0.1) is 24.5 Å². The summed E-state index contributed by atoms with van der Waals surface area (Å²) in [5.41, 5.74) is 1.27. The maximum Gasteiger partial charge on any atom is 0.573 e. The summed E-state index contributed by atoms with van der Waals surface area (Å²) in [5.74, 6) is -0.555. The van der Waals surface area contributed by atoms with Crippen molar-refractivity contribution < 1.29 is 31.1 Å².